The van der Waals surface area contributed by atoms with Crippen molar-refractivity contribution in [3.8, 4) is 5.75 Å². The normalized spacial score (nSPS) is 9.46. The molecule has 1 heterocycles. The van der Waals surface area contributed by atoms with Gasteiger partial charge in [0.1, 0.15) is 11.4 Å². The van der Waals surface area contributed by atoms with Crippen molar-refractivity contribution >= 4 is 5.91 Å². The number of ether oxygens (including phenoxy) is 1. The summed E-state index contributed by atoms with van der Waals surface area (Å²) in [6.07, 6.45) is 1.53. The first kappa shape index (κ1) is 9.51. The van der Waals surface area contributed by atoms with E-state index in [0.29, 0.717) is 11.4 Å². The first-order chi connectivity index (χ1) is 6.19. The van der Waals surface area contributed by atoms with Gasteiger partial charge in [0.25, 0.3) is 5.91 Å². The summed E-state index contributed by atoms with van der Waals surface area (Å²) >= 11 is 0. The van der Waals surface area contributed by atoms with Crippen LogP contribution in [0.15, 0.2) is 12.3 Å². The lowest BCUT2D eigenvalue weighted by atomic mass is 10.2. The summed E-state index contributed by atoms with van der Waals surface area (Å²) in [5.74, 6) is 0.477. The van der Waals surface area contributed by atoms with E-state index in [-0.39, 0.29) is 5.91 Å². The fourth-order valence-corrected chi connectivity index (χ4v) is 1.02. The molecule has 0 unspecified atom stereocenters. The first-order valence-corrected chi connectivity index (χ1v) is 3.91. The minimum absolute atomic E-state index is 0.180. The average molecular weight is 180 g/mol. The third kappa shape index (κ3) is 1.96. The molecule has 0 bridgehead atoms. The predicted molar refractivity (Wildman–Crippen MR) is 48.9 cm³/mol. The van der Waals surface area contributed by atoms with Crippen molar-refractivity contribution < 1.29 is 9.53 Å². The molecule has 4 heteroatoms. The largest absolute Gasteiger partial charge is 0.495 e. The van der Waals surface area contributed by atoms with Crippen LogP contribution in [-0.2, 0) is 0 Å². The van der Waals surface area contributed by atoms with Gasteiger partial charge in [0, 0.05) is 7.05 Å². The van der Waals surface area contributed by atoms with Crippen LogP contribution in [0.1, 0.15) is 16.1 Å². The Balaban J connectivity index is 3.05. The Labute approximate surface area is 76.9 Å². The van der Waals surface area contributed by atoms with Gasteiger partial charge < -0.3 is 10.1 Å². The lowest BCUT2D eigenvalue weighted by Gasteiger charge is -2.04. The molecule has 0 aliphatic heterocycles. The minimum Gasteiger partial charge on any atom is -0.495 e. The molecule has 0 saturated heterocycles. The zero-order chi connectivity index (χ0) is 9.84. The van der Waals surface area contributed by atoms with Gasteiger partial charge in [-0.25, -0.2) is 4.98 Å². The van der Waals surface area contributed by atoms with Crippen LogP contribution in [0.3, 0.4) is 0 Å². The number of pyridine rings is 1. The van der Waals surface area contributed by atoms with E-state index in [4.69, 9.17) is 4.74 Å². The van der Waals surface area contributed by atoms with E-state index in [9.17, 15) is 4.79 Å². The van der Waals surface area contributed by atoms with Crippen molar-refractivity contribution in [2.45, 2.75) is 6.92 Å². The second-order valence-electron chi connectivity index (χ2n) is 2.62. The molecule has 1 N–H and O–H groups in total. The second kappa shape index (κ2) is 3.89. The van der Waals surface area contributed by atoms with E-state index in [2.05, 4.69) is 10.3 Å². The number of nitrogens with zero attached hydrogens (tertiary/aromatic N) is 1. The van der Waals surface area contributed by atoms with Gasteiger partial charge in [-0.1, -0.05) is 0 Å². The highest BCUT2D eigenvalue weighted by molar-refractivity contribution is 5.93. The van der Waals surface area contributed by atoms with Crippen molar-refractivity contribution in [2.24, 2.45) is 0 Å². The molecule has 0 radical (unpaired) electrons. The van der Waals surface area contributed by atoms with Gasteiger partial charge in [0.15, 0.2) is 0 Å². The van der Waals surface area contributed by atoms with Crippen molar-refractivity contribution in [2.75, 3.05) is 14.2 Å². The maximum Gasteiger partial charge on any atom is 0.269 e. The molecule has 0 saturated carbocycles. The molecule has 4 nitrogen and oxygen atoms in total. The lowest BCUT2D eigenvalue weighted by molar-refractivity contribution is 0.0957. The lowest BCUT2D eigenvalue weighted by Crippen LogP contribution is -2.20. The summed E-state index contributed by atoms with van der Waals surface area (Å²) in [5.41, 5.74) is 1.24. The molecule has 0 atom stereocenters. The topological polar surface area (TPSA) is 51.2 Å². The summed E-state index contributed by atoms with van der Waals surface area (Å²) in [4.78, 5) is 15.2. The standard InChI is InChI=1S/C9H12N2O2/c1-6-4-7(13-3)5-11-8(6)9(12)10-2/h4-5H,1-3H3,(H,10,12). The van der Waals surface area contributed by atoms with E-state index in [0.717, 1.165) is 5.56 Å². The summed E-state index contributed by atoms with van der Waals surface area (Å²) in [5, 5.41) is 2.52. The number of nitrogens with one attached hydrogen (secondary N) is 1. The van der Waals surface area contributed by atoms with E-state index >= 15 is 0 Å². The predicted octanol–water partition coefficient (Wildman–Crippen LogP) is 0.758. The average Bonchev–Trinajstić information content (AvgIpc) is 2.16. The summed E-state index contributed by atoms with van der Waals surface area (Å²) < 4.78 is 4.97. The van der Waals surface area contributed by atoms with Crippen LogP contribution >= 0.6 is 0 Å². The molecule has 1 aromatic heterocycles. The zero-order valence-corrected chi connectivity index (χ0v) is 7.92. The number of hydrogen-bond donors (Lipinski definition) is 1. The van der Waals surface area contributed by atoms with Crippen molar-refractivity contribution in [3.63, 3.8) is 0 Å². The molecule has 0 spiro atoms. The van der Waals surface area contributed by atoms with Gasteiger partial charge in [-0.05, 0) is 18.6 Å². The third-order valence-electron chi connectivity index (χ3n) is 1.73. The van der Waals surface area contributed by atoms with E-state index in [1.165, 1.54) is 6.20 Å². The minimum atomic E-state index is -0.180. The number of carbonyl (C=O) groups is 1. The highest BCUT2D eigenvalue weighted by Crippen LogP contribution is 2.13. The fourth-order valence-electron chi connectivity index (χ4n) is 1.02. The first-order valence-electron chi connectivity index (χ1n) is 3.91. The number of aryl methyl sites for hydroxylation is 1. The Morgan fingerprint density at radius 2 is 2.31 bits per heavy atom. The van der Waals surface area contributed by atoms with Crippen LogP contribution in [0.25, 0.3) is 0 Å². The van der Waals surface area contributed by atoms with Crippen LogP contribution in [0, 0.1) is 6.92 Å². The molecule has 13 heavy (non-hydrogen) atoms. The number of hydrogen-bond acceptors (Lipinski definition) is 3. The Morgan fingerprint density at radius 1 is 1.62 bits per heavy atom. The fraction of sp³-hybridized carbons (Fsp3) is 0.333. The molecule has 1 amide bonds. The van der Waals surface area contributed by atoms with Crippen LogP contribution in [0.5, 0.6) is 5.75 Å². The second-order valence-corrected chi connectivity index (χ2v) is 2.62. The maximum atomic E-state index is 11.2. The van der Waals surface area contributed by atoms with Crippen LogP contribution < -0.4 is 10.1 Å². The van der Waals surface area contributed by atoms with Gasteiger partial charge >= 0.3 is 0 Å². The Kier molecular flexibility index (Phi) is 2.84. The molecular weight excluding hydrogens is 168 g/mol. The van der Waals surface area contributed by atoms with Crippen molar-refractivity contribution in [3.05, 3.63) is 23.5 Å². The number of methoxy groups -OCH3 is 1. The molecule has 0 aliphatic rings. The maximum absolute atomic E-state index is 11.2. The Hall–Kier alpha value is -1.58. The third-order valence-corrected chi connectivity index (χ3v) is 1.73. The van der Waals surface area contributed by atoms with Gasteiger partial charge in [-0.15, -0.1) is 0 Å². The van der Waals surface area contributed by atoms with Crippen LogP contribution in [0.2, 0.25) is 0 Å². The Morgan fingerprint density at radius 3 is 2.77 bits per heavy atom. The molecule has 1 rings (SSSR count). The molecule has 0 aromatic carbocycles. The molecule has 0 fully saturated rings. The summed E-state index contributed by atoms with van der Waals surface area (Å²) in [6.45, 7) is 1.82. The van der Waals surface area contributed by atoms with Crippen LogP contribution in [-0.4, -0.2) is 25.0 Å². The Bertz CT molecular complexity index is 323. The molecule has 0 aliphatic carbocycles. The summed E-state index contributed by atoms with van der Waals surface area (Å²) in [6, 6.07) is 1.78. The number of amides is 1. The van der Waals surface area contributed by atoms with Crippen molar-refractivity contribution in [1.29, 1.82) is 0 Å². The zero-order valence-electron chi connectivity index (χ0n) is 7.92. The van der Waals surface area contributed by atoms with Crippen LogP contribution in [0.4, 0.5) is 0 Å². The summed E-state index contributed by atoms with van der Waals surface area (Å²) in [7, 11) is 3.14. The highest BCUT2D eigenvalue weighted by atomic mass is 16.5. The van der Waals surface area contributed by atoms with Gasteiger partial charge in [0.05, 0.1) is 13.3 Å². The van der Waals surface area contributed by atoms with Gasteiger partial charge in [0.2, 0.25) is 0 Å². The number of carbonyl (C=O) groups excluding carboxylic acids is 1. The monoisotopic (exact) mass is 180 g/mol. The molecular formula is C9H12N2O2. The van der Waals surface area contributed by atoms with Gasteiger partial charge in [-0.2, -0.15) is 0 Å². The number of rotatable bonds is 2. The highest BCUT2D eigenvalue weighted by Gasteiger charge is 2.08. The van der Waals surface area contributed by atoms with Gasteiger partial charge in [-0.3, -0.25) is 4.79 Å². The van der Waals surface area contributed by atoms with Crippen molar-refractivity contribution in [1.82, 2.24) is 10.3 Å². The quantitative estimate of drug-likeness (QED) is 0.731. The molecule has 70 valence electrons. The number of aromatic nitrogens is 1. The van der Waals surface area contributed by atoms with E-state index < -0.39 is 0 Å². The van der Waals surface area contributed by atoms with E-state index in [1.807, 2.05) is 6.92 Å². The smallest absolute Gasteiger partial charge is 0.269 e. The molecule has 1 aromatic rings. The van der Waals surface area contributed by atoms with E-state index in [1.54, 1.807) is 20.2 Å². The SMILES string of the molecule is CNC(=O)c1ncc(OC)cc1C.